The number of amides is 2. The number of hydrogen-bond donors (Lipinski definition) is 3. The highest BCUT2D eigenvalue weighted by Crippen LogP contribution is 2.07. The van der Waals surface area contributed by atoms with Gasteiger partial charge in [-0.3, -0.25) is 9.59 Å². The Bertz CT molecular complexity index is 379. The Balaban J connectivity index is 2.64. The first-order valence-corrected chi connectivity index (χ1v) is 5.43. The fourth-order valence-corrected chi connectivity index (χ4v) is 1.33. The van der Waals surface area contributed by atoms with E-state index in [1.807, 2.05) is 6.07 Å². The standard InChI is InChI=1S/C12H16N2O3/c1-2-13-11(16)10(8-15)12(17)14-9-6-4-3-5-7-9/h3-7,10,15H,2,8H2,1H3,(H,13,16)(H,14,17). The van der Waals surface area contributed by atoms with Crippen molar-refractivity contribution in [3.8, 4) is 0 Å². The number of aliphatic hydroxyl groups excluding tert-OH is 1. The number of aliphatic hydroxyl groups is 1. The Morgan fingerprint density at radius 3 is 2.41 bits per heavy atom. The van der Waals surface area contributed by atoms with E-state index in [0.29, 0.717) is 12.2 Å². The van der Waals surface area contributed by atoms with Crippen molar-refractivity contribution in [2.75, 3.05) is 18.5 Å². The highest BCUT2D eigenvalue weighted by Gasteiger charge is 2.25. The number of benzene rings is 1. The van der Waals surface area contributed by atoms with Crippen molar-refractivity contribution in [1.82, 2.24) is 5.32 Å². The van der Waals surface area contributed by atoms with E-state index in [1.165, 1.54) is 0 Å². The van der Waals surface area contributed by atoms with Crippen LogP contribution in [0.2, 0.25) is 0 Å². The number of carbonyl (C=O) groups is 2. The third kappa shape index (κ3) is 3.88. The summed E-state index contributed by atoms with van der Waals surface area (Å²) in [4.78, 5) is 23.2. The summed E-state index contributed by atoms with van der Waals surface area (Å²) < 4.78 is 0. The van der Waals surface area contributed by atoms with Gasteiger partial charge in [0.25, 0.3) is 0 Å². The molecule has 1 rings (SSSR count). The van der Waals surface area contributed by atoms with Gasteiger partial charge in [0.1, 0.15) is 5.92 Å². The molecule has 1 unspecified atom stereocenters. The van der Waals surface area contributed by atoms with Crippen LogP contribution in [0, 0.1) is 5.92 Å². The zero-order valence-corrected chi connectivity index (χ0v) is 9.64. The molecule has 0 heterocycles. The molecule has 0 aliphatic rings. The molecule has 0 aromatic heterocycles. The van der Waals surface area contributed by atoms with Gasteiger partial charge in [-0.15, -0.1) is 0 Å². The summed E-state index contributed by atoms with van der Waals surface area (Å²) in [6.07, 6.45) is 0. The predicted molar refractivity (Wildman–Crippen MR) is 64.3 cm³/mol. The Labute approximate surface area is 99.8 Å². The Kier molecular flexibility index (Phi) is 5.16. The Morgan fingerprint density at radius 1 is 1.24 bits per heavy atom. The summed E-state index contributed by atoms with van der Waals surface area (Å²) in [5, 5.41) is 14.1. The number of rotatable bonds is 5. The summed E-state index contributed by atoms with van der Waals surface area (Å²) in [6.45, 7) is 1.67. The largest absolute Gasteiger partial charge is 0.395 e. The minimum atomic E-state index is -1.07. The second kappa shape index (κ2) is 6.65. The molecule has 5 heteroatoms. The predicted octanol–water partition coefficient (Wildman–Crippen LogP) is 0.370. The van der Waals surface area contributed by atoms with Crippen LogP contribution in [0.3, 0.4) is 0 Å². The Hall–Kier alpha value is -1.88. The van der Waals surface area contributed by atoms with Crippen molar-refractivity contribution >= 4 is 17.5 Å². The van der Waals surface area contributed by atoms with Crippen molar-refractivity contribution in [3.63, 3.8) is 0 Å². The van der Waals surface area contributed by atoms with E-state index in [9.17, 15) is 9.59 Å². The molecule has 0 radical (unpaired) electrons. The number of carbonyl (C=O) groups excluding carboxylic acids is 2. The van der Waals surface area contributed by atoms with E-state index >= 15 is 0 Å². The molecule has 3 N–H and O–H groups in total. The summed E-state index contributed by atoms with van der Waals surface area (Å²) in [5.74, 6) is -2.05. The molecule has 0 saturated carbocycles. The summed E-state index contributed by atoms with van der Waals surface area (Å²) in [5.41, 5.74) is 0.597. The lowest BCUT2D eigenvalue weighted by Crippen LogP contribution is -2.40. The first-order valence-electron chi connectivity index (χ1n) is 5.43. The van der Waals surface area contributed by atoms with E-state index in [1.54, 1.807) is 31.2 Å². The molecule has 0 aliphatic heterocycles. The zero-order valence-electron chi connectivity index (χ0n) is 9.64. The minimum Gasteiger partial charge on any atom is -0.395 e. The SMILES string of the molecule is CCNC(=O)C(CO)C(=O)Nc1ccccc1. The maximum atomic E-state index is 11.7. The maximum Gasteiger partial charge on any atom is 0.239 e. The van der Waals surface area contributed by atoms with E-state index in [4.69, 9.17) is 5.11 Å². The van der Waals surface area contributed by atoms with Gasteiger partial charge < -0.3 is 15.7 Å². The van der Waals surface area contributed by atoms with Crippen LogP contribution in [0.1, 0.15) is 6.92 Å². The minimum absolute atomic E-state index is 0.425. The van der Waals surface area contributed by atoms with Crippen molar-refractivity contribution in [3.05, 3.63) is 30.3 Å². The first kappa shape index (κ1) is 13.2. The zero-order chi connectivity index (χ0) is 12.7. The van der Waals surface area contributed by atoms with Crippen LogP contribution >= 0.6 is 0 Å². The summed E-state index contributed by atoms with van der Waals surface area (Å²) in [7, 11) is 0. The normalized spacial score (nSPS) is 11.6. The number of para-hydroxylation sites is 1. The van der Waals surface area contributed by atoms with Crippen molar-refractivity contribution < 1.29 is 14.7 Å². The molecular weight excluding hydrogens is 220 g/mol. The van der Waals surface area contributed by atoms with Crippen LogP contribution in [-0.4, -0.2) is 30.1 Å². The average molecular weight is 236 g/mol. The molecule has 0 saturated heterocycles. The quantitative estimate of drug-likeness (QED) is 0.646. The topological polar surface area (TPSA) is 78.4 Å². The first-order chi connectivity index (χ1) is 8.19. The van der Waals surface area contributed by atoms with Crippen LogP contribution in [0.25, 0.3) is 0 Å². The molecule has 1 aromatic rings. The van der Waals surface area contributed by atoms with E-state index in [2.05, 4.69) is 10.6 Å². The van der Waals surface area contributed by atoms with Gasteiger partial charge in [0.2, 0.25) is 11.8 Å². The maximum absolute atomic E-state index is 11.7. The average Bonchev–Trinajstić information content (AvgIpc) is 2.31. The monoisotopic (exact) mass is 236 g/mol. The van der Waals surface area contributed by atoms with Crippen LogP contribution < -0.4 is 10.6 Å². The van der Waals surface area contributed by atoms with E-state index in [-0.39, 0.29) is 0 Å². The fourth-order valence-electron chi connectivity index (χ4n) is 1.33. The second-order valence-corrected chi connectivity index (χ2v) is 3.49. The van der Waals surface area contributed by atoms with Gasteiger partial charge in [0, 0.05) is 12.2 Å². The molecule has 0 aliphatic carbocycles. The molecule has 92 valence electrons. The smallest absolute Gasteiger partial charge is 0.239 e. The number of anilines is 1. The third-order valence-corrected chi connectivity index (χ3v) is 2.21. The van der Waals surface area contributed by atoms with Crippen LogP contribution in [0.15, 0.2) is 30.3 Å². The van der Waals surface area contributed by atoms with Gasteiger partial charge in [-0.05, 0) is 19.1 Å². The van der Waals surface area contributed by atoms with Crippen molar-refractivity contribution in [2.45, 2.75) is 6.92 Å². The van der Waals surface area contributed by atoms with Gasteiger partial charge in [-0.1, -0.05) is 18.2 Å². The summed E-state index contributed by atoms with van der Waals surface area (Å²) in [6, 6.07) is 8.79. The number of nitrogens with one attached hydrogen (secondary N) is 2. The molecule has 0 bridgehead atoms. The molecule has 2 amide bonds. The number of hydrogen-bond acceptors (Lipinski definition) is 3. The van der Waals surface area contributed by atoms with Gasteiger partial charge in [0.05, 0.1) is 6.61 Å². The molecule has 1 aromatic carbocycles. The highest BCUT2D eigenvalue weighted by molar-refractivity contribution is 6.06. The molecule has 5 nitrogen and oxygen atoms in total. The molecule has 0 spiro atoms. The van der Waals surface area contributed by atoms with Gasteiger partial charge >= 0.3 is 0 Å². The van der Waals surface area contributed by atoms with Gasteiger partial charge in [-0.2, -0.15) is 0 Å². The Morgan fingerprint density at radius 2 is 1.88 bits per heavy atom. The van der Waals surface area contributed by atoms with Crippen molar-refractivity contribution in [2.24, 2.45) is 5.92 Å². The van der Waals surface area contributed by atoms with Gasteiger partial charge in [-0.25, -0.2) is 0 Å². The molecular formula is C12H16N2O3. The van der Waals surface area contributed by atoms with Crippen LogP contribution in [-0.2, 0) is 9.59 Å². The highest BCUT2D eigenvalue weighted by atomic mass is 16.3. The molecule has 17 heavy (non-hydrogen) atoms. The van der Waals surface area contributed by atoms with E-state index in [0.717, 1.165) is 0 Å². The second-order valence-electron chi connectivity index (χ2n) is 3.49. The van der Waals surface area contributed by atoms with Gasteiger partial charge in [0.15, 0.2) is 0 Å². The lowest BCUT2D eigenvalue weighted by Gasteiger charge is -2.13. The van der Waals surface area contributed by atoms with E-state index < -0.39 is 24.3 Å². The summed E-state index contributed by atoms with van der Waals surface area (Å²) >= 11 is 0. The van der Waals surface area contributed by atoms with Crippen LogP contribution in [0.5, 0.6) is 0 Å². The van der Waals surface area contributed by atoms with Crippen LogP contribution in [0.4, 0.5) is 5.69 Å². The fraction of sp³-hybridized carbons (Fsp3) is 0.333. The lowest BCUT2D eigenvalue weighted by molar-refractivity contribution is -0.134. The molecule has 1 atom stereocenters. The lowest BCUT2D eigenvalue weighted by atomic mass is 10.1. The molecule has 0 fully saturated rings. The third-order valence-electron chi connectivity index (χ3n) is 2.21. The van der Waals surface area contributed by atoms with Crippen molar-refractivity contribution in [1.29, 1.82) is 0 Å².